The summed E-state index contributed by atoms with van der Waals surface area (Å²) >= 11 is 0. The average Bonchev–Trinajstić information content (AvgIpc) is 2.81. The minimum absolute atomic E-state index is 0. The maximum absolute atomic E-state index is 11.9. The fourth-order valence-electron chi connectivity index (χ4n) is 3.21. The number of aromatic carboxylic acids is 1. The first-order valence-electron chi connectivity index (χ1n) is 10.1. The van der Waals surface area contributed by atoms with Crippen LogP contribution < -0.4 is 16.0 Å². The Kier molecular flexibility index (Phi) is 9.23. The van der Waals surface area contributed by atoms with E-state index in [-0.39, 0.29) is 37.2 Å². The molecule has 1 heterocycles. The molecule has 10 heteroatoms. The quantitative estimate of drug-likeness (QED) is 0.376. The molecule has 176 valence electrons. The van der Waals surface area contributed by atoms with Gasteiger partial charge in [-0.05, 0) is 47.2 Å². The van der Waals surface area contributed by atoms with Gasteiger partial charge < -0.3 is 20.5 Å². The van der Waals surface area contributed by atoms with E-state index in [2.05, 4.69) is 26.9 Å². The smallest absolute Gasteiger partial charge is 0.408 e. The minimum Gasteiger partial charge on any atom is -0.478 e. The number of fused-ring (bicyclic) bond motifs is 1. The fraction of sp³-hybridized carbons (Fsp3) is 0.167. The van der Waals surface area contributed by atoms with Crippen LogP contribution in [-0.4, -0.2) is 41.3 Å². The average molecular weight is 483 g/mol. The van der Waals surface area contributed by atoms with E-state index in [1.54, 1.807) is 31.3 Å². The molecule has 3 amide bonds. The van der Waals surface area contributed by atoms with Crippen molar-refractivity contribution in [3.05, 3.63) is 59.8 Å². The summed E-state index contributed by atoms with van der Waals surface area (Å²) in [4.78, 5) is 39.2. The molecule has 0 aliphatic carbocycles. The molecule has 0 atom stereocenters. The lowest BCUT2D eigenvalue weighted by Gasteiger charge is -2.14. The number of alkyl carbamates (subject to hydrolysis) is 1. The number of nitrogens with zero attached hydrogens (tertiary/aromatic N) is 1. The van der Waals surface area contributed by atoms with Gasteiger partial charge in [-0.1, -0.05) is 30.2 Å². The Hall–Kier alpha value is -4.29. The van der Waals surface area contributed by atoms with Crippen molar-refractivity contribution in [2.45, 2.75) is 13.5 Å². The maximum Gasteiger partial charge on any atom is 0.408 e. The lowest BCUT2D eigenvalue weighted by molar-refractivity contribution is 0.0696. The Morgan fingerprint density at radius 3 is 2.47 bits per heavy atom. The third kappa shape index (κ3) is 6.37. The molecular formula is C24H23ClN4O5. The molecule has 4 N–H and O–H groups in total. The number of rotatable bonds is 7. The first-order chi connectivity index (χ1) is 15.9. The zero-order valence-electron chi connectivity index (χ0n) is 18.3. The predicted octanol–water partition coefficient (Wildman–Crippen LogP) is 4.02. The van der Waals surface area contributed by atoms with Crippen LogP contribution in [0.3, 0.4) is 0 Å². The summed E-state index contributed by atoms with van der Waals surface area (Å²) in [5, 5.41) is 18.6. The topological polar surface area (TPSA) is 130 Å². The second kappa shape index (κ2) is 12.1. The highest BCUT2D eigenvalue weighted by molar-refractivity contribution is 6.01. The number of ether oxygens (including phenoxy) is 1. The zero-order valence-corrected chi connectivity index (χ0v) is 19.1. The van der Waals surface area contributed by atoms with Crippen LogP contribution in [0, 0.1) is 12.3 Å². The van der Waals surface area contributed by atoms with E-state index in [4.69, 9.17) is 16.3 Å². The highest BCUT2D eigenvalue weighted by Gasteiger charge is 2.13. The number of carboxylic acid groups (broad SMARTS) is 1. The summed E-state index contributed by atoms with van der Waals surface area (Å²) in [6.45, 7) is 2.31. The molecular weight excluding hydrogens is 460 g/mol. The van der Waals surface area contributed by atoms with Gasteiger partial charge in [-0.3, -0.25) is 5.32 Å². The van der Waals surface area contributed by atoms with Gasteiger partial charge in [-0.2, -0.15) is 0 Å². The normalized spacial score (nSPS) is 9.88. The van der Waals surface area contributed by atoms with Gasteiger partial charge in [0, 0.05) is 24.7 Å². The van der Waals surface area contributed by atoms with Crippen LogP contribution >= 0.6 is 12.4 Å². The van der Waals surface area contributed by atoms with Gasteiger partial charge in [0.15, 0.2) is 6.61 Å². The zero-order chi connectivity index (χ0) is 23.8. The van der Waals surface area contributed by atoms with Crippen LogP contribution in [0.25, 0.3) is 21.9 Å². The van der Waals surface area contributed by atoms with E-state index in [9.17, 15) is 14.4 Å². The largest absolute Gasteiger partial charge is 0.478 e. The number of anilines is 1. The summed E-state index contributed by atoms with van der Waals surface area (Å²) in [6, 6.07) is 11.5. The van der Waals surface area contributed by atoms with Gasteiger partial charge in [0.25, 0.3) is 0 Å². The number of hydrogen-bond donors (Lipinski definition) is 4. The van der Waals surface area contributed by atoms with E-state index in [1.165, 1.54) is 12.1 Å². The van der Waals surface area contributed by atoms with Crippen LogP contribution in [0.4, 0.5) is 15.4 Å². The number of urea groups is 1. The number of carbonyl (C=O) groups is 3. The number of nitrogens with one attached hydrogen (secondary N) is 3. The lowest BCUT2D eigenvalue weighted by atomic mass is 9.95. The van der Waals surface area contributed by atoms with Gasteiger partial charge >= 0.3 is 18.1 Å². The number of carbonyl (C=O) groups excluding carboxylic acids is 2. The molecule has 0 aliphatic heterocycles. The first kappa shape index (κ1) is 26.0. The molecule has 3 rings (SSSR count). The molecule has 0 radical (unpaired) electrons. The Labute approximate surface area is 202 Å². The van der Waals surface area contributed by atoms with E-state index in [0.29, 0.717) is 12.4 Å². The molecule has 2 aromatic carbocycles. The number of benzene rings is 2. The first-order valence-corrected chi connectivity index (χ1v) is 10.1. The molecule has 0 spiro atoms. The number of carboxylic acids is 1. The third-order valence-corrected chi connectivity index (χ3v) is 4.72. The molecule has 0 saturated carbocycles. The lowest BCUT2D eigenvalue weighted by Crippen LogP contribution is -2.28. The number of aromatic nitrogens is 1. The van der Waals surface area contributed by atoms with Crippen molar-refractivity contribution in [1.29, 1.82) is 0 Å². The van der Waals surface area contributed by atoms with Gasteiger partial charge in [-0.15, -0.1) is 18.8 Å². The minimum atomic E-state index is -1.01. The van der Waals surface area contributed by atoms with Crippen molar-refractivity contribution in [2.24, 2.45) is 0 Å². The van der Waals surface area contributed by atoms with Crippen LogP contribution in [0.2, 0.25) is 0 Å². The predicted molar refractivity (Wildman–Crippen MR) is 131 cm³/mol. The molecule has 0 fully saturated rings. The second-order valence-electron chi connectivity index (χ2n) is 6.89. The fourth-order valence-corrected chi connectivity index (χ4v) is 3.21. The highest BCUT2D eigenvalue weighted by atomic mass is 35.5. The number of amides is 3. The van der Waals surface area contributed by atoms with E-state index >= 15 is 0 Å². The Morgan fingerprint density at radius 2 is 1.82 bits per heavy atom. The number of hydrogen-bond acceptors (Lipinski definition) is 5. The molecule has 0 aliphatic rings. The van der Waals surface area contributed by atoms with Gasteiger partial charge in [0.05, 0.1) is 5.56 Å². The van der Waals surface area contributed by atoms with Crippen molar-refractivity contribution in [3.63, 3.8) is 0 Å². The summed E-state index contributed by atoms with van der Waals surface area (Å²) in [7, 11) is 0. The summed E-state index contributed by atoms with van der Waals surface area (Å²) < 4.78 is 4.83. The van der Waals surface area contributed by atoms with Crippen LogP contribution in [0.5, 0.6) is 0 Å². The molecule has 0 bridgehead atoms. The monoisotopic (exact) mass is 482 g/mol. The van der Waals surface area contributed by atoms with Crippen LogP contribution in [0.15, 0.2) is 48.7 Å². The van der Waals surface area contributed by atoms with Gasteiger partial charge in [-0.25, -0.2) is 19.4 Å². The highest BCUT2D eigenvalue weighted by Crippen LogP contribution is 2.32. The number of pyridine rings is 1. The summed E-state index contributed by atoms with van der Waals surface area (Å²) in [5.74, 6) is 1.56. The third-order valence-electron chi connectivity index (χ3n) is 4.72. The molecule has 0 saturated heterocycles. The molecule has 9 nitrogen and oxygen atoms in total. The molecule has 34 heavy (non-hydrogen) atoms. The standard InChI is InChI=1S/C24H22N4O5.ClH/c1-3-11-33-24(32)27-13-17-9-10-18(15-5-7-16(8-6-15)22(29)30)19-12-21(26-14-20(17)19)28-23(31)25-4-2;/h1,5-10,12,14H,4,11,13H2,2H3,(H,27,32)(H,29,30)(H2,25,26,28,31);1H. The van der Waals surface area contributed by atoms with Crippen LogP contribution in [-0.2, 0) is 11.3 Å². The number of halogens is 1. The molecule has 3 aromatic rings. The van der Waals surface area contributed by atoms with Gasteiger partial charge in [0.1, 0.15) is 5.82 Å². The van der Waals surface area contributed by atoms with Crippen molar-refractivity contribution in [3.8, 4) is 23.5 Å². The maximum atomic E-state index is 11.9. The van der Waals surface area contributed by atoms with Crippen molar-refractivity contribution >= 4 is 47.1 Å². The summed E-state index contributed by atoms with van der Waals surface area (Å²) in [5.41, 5.74) is 2.54. The van der Waals surface area contributed by atoms with E-state index in [0.717, 1.165) is 27.5 Å². The van der Waals surface area contributed by atoms with E-state index in [1.807, 2.05) is 12.1 Å². The van der Waals surface area contributed by atoms with Crippen molar-refractivity contribution in [1.82, 2.24) is 15.6 Å². The van der Waals surface area contributed by atoms with Crippen molar-refractivity contribution < 1.29 is 24.2 Å². The Morgan fingerprint density at radius 1 is 1.09 bits per heavy atom. The summed E-state index contributed by atoms with van der Waals surface area (Å²) in [6.07, 6.45) is 6.06. The Balaban J connectivity index is 0.00000408. The van der Waals surface area contributed by atoms with Gasteiger partial charge in [0.2, 0.25) is 0 Å². The Bertz CT molecular complexity index is 1240. The second-order valence-corrected chi connectivity index (χ2v) is 6.89. The van der Waals surface area contributed by atoms with E-state index < -0.39 is 12.1 Å². The number of terminal acetylenes is 1. The van der Waals surface area contributed by atoms with Crippen LogP contribution in [0.1, 0.15) is 22.8 Å². The van der Waals surface area contributed by atoms with Crippen molar-refractivity contribution in [2.75, 3.05) is 18.5 Å². The molecule has 1 aromatic heterocycles. The SMILES string of the molecule is C#CCOC(=O)NCc1ccc(-c2ccc(C(=O)O)cc2)c2cc(NC(=O)NCC)ncc12.Cl. The molecule has 0 unspecified atom stereocenters.